The van der Waals surface area contributed by atoms with Gasteiger partial charge in [0.05, 0.1) is 0 Å². The van der Waals surface area contributed by atoms with Crippen LogP contribution in [0.25, 0.3) is 0 Å². The zero-order valence-electron chi connectivity index (χ0n) is 9.12. The molecule has 0 aliphatic heterocycles. The highest BCUT2D eigenvalue weighted by Gasteiger charge is 2.14. The molecule has 0 radical (unpaired) electrons. The van der Waals surface area contributed by atoms with Gasteiger partial charge in [-0.25, -0.2) is 0 Å². The van der Waals surface area contributed by atoms with Crippen molar-refractivity contribution in [2.75, 3.05) is 6.54 Å². The van der Waals surface area contributed by atoms with E-state index in [4.69, 9.17) is 5.11 Å². The van der Waals surface area contributed by atoms with Crippen LogP contribution in [0.5, 0.6) is 0 Å². The standard InChI is InChI=1S/C11H21NO2/c1-3-5-7-9-12-10(11(13)14)8-6-4-2/h3,5,10,12H,4,6-9H2,1-2H3,(H,13,14)/b5-3+. The molecule has 0 rings (SSSR count). The van der Waals surface area contributed by atoms with E-state index < -0.39 is 5.97 Å². The fraction of sp³-hybridized carbons (Fsp3) is 0.727. The van der Waals surface area contributed by atoms with E-state index in [9.17, 15) is 4.79 Å². The number of aliphatic carboxylic acids is 1. The number of hydrogen-bond acceptors (Lipinski definition) is 2. The van der Waals surface area contributed by atoms with E-state index in [1.807, 2.05) is 19.1 Å². The van der Waals surface area contributed by atoms with Crippen molar-refractivity contribution in [3.05, 3.63) is 12.2 Å². The van der Waals surface area contributed by atoms with Crippen molar-refractivity contribution in [1.82, 2.24) is 5.32 Å². The molecule has 0 aromatic heterocycles. The molecule has 0 heterocycles. The van der Waals surface area contributed by atoms with Gasteiger partial charge in [0.25, 0.3) is 0 Å². The third kappa shape index (κ3) is 6.66. The van der Waals surface area contributed by atoms with Crippen molar-refractivity contribution < 1.29 is 9.90 Å². The van der Waals surface area contributed by atoms with Crippen LogP contribution in [0.4, 0.5) is 0 Å². The van der Waals surface area contributed by atoms with Gasteiger partial charge in [-0.05, 0) is 26.3 Å². The second-order valence-corrected chi connectivity index (χ2v) is 3.34. The summed E-state index contributed by atoms with van der Waals surface area (Å²) >= 11 is 0. The maximum Gasteiger partial charge on any atom is 0.320 e. The fourth-order valence-corrected chi connectivity index (χ4v) is 1.23. The minimum absolute atomic E-state index is 0.375. The molecule has 0 aliphatic carbocycles. The van der Waals surface area contributed by atoms with Crippen LogP contribution in [0.3, 0.4) is 0 Å². The van der Waals surface area contributed by atoms with E-state index in [2.05, 4.69) is 12.2 Å². The number of nitrogens with one attached hydrogen (secondary N) is 1. The normalized spacial score (nSPS) is 13.3. The molecule has 0 fully saturated rings. The quantitative estimate of drug-likeness (QED) is 0.465. The van der Waals surface area contributed by atoms with Gasteiger partial charge in [0, 0.05) is 0 Å². The van der Waals surface area contributed by atoms with Crippen molar-refractivity contribution in [2.45, 2.75) is 45.6 Å². The van der Waals surface area contributed by atoms with Crippen LogP contribution in [0.15, 0.2) is 12.2 Å². The molecule has 0 aliphatic rings. The Kier molecular flexibility index (Phi) is 8.24. The van der Waals surface area contributed by atoms with Gasteiger partial charge in [-0.15, -0.1) is 0 Å². The Hall–Kier alpha value is -0.830. The third-order valence-electron chi connectivity index (χ3n) is 2.08. The van der Waals surface area contributed by atoms with Gasteiger partial charge in [0.15, 0.2) is 0 Å². The first-order chi connectivity index (χ1) is 6.72. The molecule has 0 saturated heterocycles. The van der Waals surface area contributed by atoms with Crippen molar-refractivity contribution in [1.29, 1.82) is 0 Å². The molecule has 3 nitrogen and oxygen atoms in total. The molecule has 0 amide bonds. The molecule has 14 heavy (non-hydrogen) atoms. The summed E-state index contributed by atoms with van der Waals surface area (Å²) in [5.74, 6) is -0.737. The van der Waals surface area contributed by atoms with E-state index in [1.54, 1.807) is 0 Å². The van der Waals surface area contributed by atoms with E-state index in [1.165, 1.54) is 0 Å². The van der Waals surface area contributed by atoms with Crippen LogP contribution in [0.1, 0.15) is 39.5 Å². The van der Waals surface area contributed by atoms with Gasteiger partial charge >= 0.3 is 5.97 Å². The lowest BCUT2D eigenvalue weighted by molar-refractivity contribution is -0.139. The van der Waals surface area contributed by atoms with Crippen LogP contribution < -0.4 is 5.32 Å². The number of hydrogen-bond donors (Lipinski definition) is 2. The number of carbonyl (C=O) groups is 1. The highest BCUT2D eigenvalue weighted by Crippen LogP contribution is 2.00. The lowest BCUT2D eigenvalue weighted by Crippen LogP contribution is -2.37. The van der Waals surface area contributed by atoms with Crippen molar-refractivity contribution in [3.63, 3.8) is 0 Å². The Labute approximate surface area is 86.2 Å². The van der Waals surface area contributed by atoms with E-state index in [0.29, 0.717) is 0 Å². The molecule has 1 atom stereocenters. The average molecular weight is 199 g/mol. The summed E-state index contributed by atoms with van der Waals surface area (Å²) in [5.41, 5.74) is 0. The lowest BCUT2D eigenvalue weighted by Gasteiger charge is -2.12. The number of carboxylic acids is 1. The highest BCUT2D eigenvalue weighted by atomic mass is 16.4. The largest absolute Gasteiger partial charge is 0.480 e. The number of rotatable bonds is 8. The van der Waals surface area contributed by atoms with Crippen LogP contribution >= 0.6 is 0 Å². The van der Waals surface area contributed by atoms with E-state index in [0.717, 1.165) is 32.2 Å². The van der Waals surface area contributed by atoms with Crippen molar-refractivity contribution in [2.24, 2.45) is 0 Å². The summed E-state index contributed by atoms with van der Waals surface area (Å²) in [6.45, 7) is 4.77. The van der Waals surface area contributed by atoms with Crippen LogP contribution in [0.2, 0.25) is 0 Å². The first kappa shape index (κ1) is 13.2. The van der Waals surface area contributed by atoms with Gasteiger partial charge in [-0.1, -0.05) is 31.9 Å². The average Bonchev–Trinajstić information content (AvgIpc) is 2.16. The first-order valence-corrected chi connectivity index (χ1v) is 5.29. The molecular weight excluding hydrogens is 178 g/mol. The van der Waals surface area contributed by atoms with Gasteiger partial charge in [-0.2, -0.15) is 0 Å². The molecule has 0 spiro atoms. The third-order valence-corrected chi connectivity index (χ3v) is 2.08. The molecule has 1 unspecified atom stereocenters. The number of unbranched alkanes of at least 4 members (excludes halogenated alkanes) is 1. The molecular formula is C11H21NO2. The number of carboxylic acid groups (broad SMARTS) is 1. The van der Waals surface area contributed by atoms with E-state index in [-0.39, 0.29) is 6.04 Å². The van der Waals surface area contributed by atoms with Crippen molar-refractivity contribution >= 4 is 5.97 Å². The summed E-state index contributed by atoms with van der Waals surface area (Å²) in [5, 5.41) is 11.9. The Balaban J connectivity index is 3.67. The molecule has 0 saturated carbocycles. The molecule has 0 aromatic rings. The van der Waals surface area contributed by atoms with Crippen LogP contribution in [-0.2, 0) is 4.79 Å². The summed E-state index contributed by atoms with van der Waals surface area (Å²) in [6, 6.07) is -0.375. The van der Waals surface area contributed by atoms with Gasteiger partial charge in [-0.3, -0.25) is 4.79 Å². The Morgan fingerprint density at radius 2 is 2.29 bits per heavy atom. The molecule has 82 valence electrons. The number of allylic oxidation sites excluding steroid dienone is 1. The van der Waals surface area contributed by atoms with E-state index >= 15 is 0 Å². The summed E-state index contributed by atoms with van der Waals surface area (Å²) in [7, 11) is 0. The maximum absolute atomic E-state index is 10.8. The monoisotopic (exact) mass is 199 g/mol. The zero-order chi connectivity index (χ0) is 10.8. The minimum atomic E-state index is -0.737. The second kappa shape index (κ2) is 8.75. The highest BCUT2D eigenvalue weighted by molar-refractivity contribution is 5.73. The Morgan fingerprint density at radius 3 is 2.79 bits per heavy atom. The van der Waals surface area contributed by atoms with Crippen LogP contribution in [0, 0.1) is 0 Å². The molecule has 0 aromatic carbocycles. The minimum Gasteiger partial charge on any atom is -0.480 e. The summed E-state index contributed by atoms with van der Waals surface area (Å²) in [4.78, 5) is 10.8. The second-order valence-electron chi connectivity index (χ2n) is 3.34. The van der Waals surface area contributed by atoms with Gasteiger partial charge in [0.2, 0.25) is 0 Å². The van der Waals surface area contributed by atoms with Crippen LogP contribution in [-0.4, -0.2) is 23.7 Å². The molecule has 0 bridgehead atoms. The van der Waals surface area contributed by atoms with Crippen molar-refractivity contribution in [3.8, 4) is 0 Å². The summed E-state index contributed by atoms with van der Waals surface area (Å²) in [6.07, 6.45) is 7.64. The zero-order valence-corrected chi connectivity index (χ0v) is 9.12. The Morgan fingerprint density at radius 1 is 1.57 bits per heavy atom. The first-order valence-electron chi connectivity index (χ1n) is 5.29. The molecule has 3 heteroatoms. The SMILES string of the molecule is C/C=C/CCNC(CCCC)C(=O)O. The smallest absolute Gasteiger partial charge is 0.320 e. The Bertz CT molecular complexity index is 178. The lowest BCUT2D eigenvalue weighted by atomic mass is 10.1. The molecule has 2 N–H and O–H groups in total. The topological polar surface area (TPSA) is 49.3 Å². The maximum atomic E-state index is 10.8. The predicted octanol–water partition coefficient (Wildman–Crippen LogP) is 2.19. The fourth-order valence-electron chi connectivity index (χ4n) is 1.23. The predicted molar refractivity (Wildman–Crippen MR) is 58.4 cm³/mol. The van der Waals surface area contributed by atoms with Gasteiger partial charge in [0.1, 0.15) is 6.04 Å². The van der Waals surface area contributed by atoms with Gasteiger partial charge < -0.3 is 10.4 Å². The summed E-state index contributed by atoms with van der Waals surface area (Å²) < 4.78 is 0.